The number of rotatable bonds is 5. The van der Waals surface area contributed by atoms with E-state index in [1.807, 2.05) is 18.2 Å². The Morgan fingerprint density at radius 2 is 2.17 bits per heavy atom. The molecule has 0 amide bonds. The van der Waals surface area contributed by atoms with Crippen LogP contribution in [0.3, 0.4) is 0 Å². The van der Waals surface area contributed by atoms with Gasteiger partial charge in [0, 0.05) is 22.7 Å². The van der Waals surface area contributed by atoms with Crippen molar-refractivity contribution in [2.45, 2.75) is 38.3 Å². The minimum atomic E-state index is -0.469. The van der Waals surface area contributed by atoms with Gasteiger partial charge >= 0.3 is 0 Å². The standard InChI is InChI=1S/C14H20BrNO2/c1-10(18)13-6-5-12(9-14(13)15)16(7-8-17)11-3-2-4-11/h5-6,9-11,17-18H,2-4,7-8H2,1H3. The third-order valence-corrected chi connectivity index (χ3v) is 4.31. The predicted molar refractivity (Wildman–Crippen MR) is 76.8 cm³/mol. The van der Waals surface area contributed by atoms with E-state index in [2.05, 4.69) is 20.8 Å². The maximum Gasteiger partial charge on any atom is 0.0772 e. The Kier molecular flexibility index (Phi) is 4.65. The summed E-state index contributed by atoms with van der Waals surface area (Å²) in [6, 6.07) is 6.57. The van der Waals surface area contributed by atoms with Gasteiger partial charge in [-0.3, -0.25) is 0 Å². The molecule has 1 atom stereocenters. The van der Waals surface area contributed by atoms with Crippen LogP contribution >= 0.6 is 15.9 Å². The zero-order chi connectivity index (χ0) is 13.1. The molecule has 3 nitrogen and oxygen atoms in total. The number of nitrogens with zero attached hydrogens (tertiary/aromatic N) is 1. The number of hydrogen-bond acceptors (Lipinski definition) is 3. The Morgan fingerprint density at radius 1 is 1.44 bits per heavy atom. The normalized spacial score (nSPS) is 17.3. The molecule has 2 rings (SSSR count). The molecule has 1 aromatic carbocycles. The van der Waals surface area contributed by atoms with E-state index < -0.39 is 6.10 Å². The summed E-state index contributed by atoms with van der Waals surface area (Å²) in [4.78, 5) is 2.26. The Balaban J connectivity index is 2.22. The summed E-state index contributed by atoms with van der Waals surface area (Å²) in [7, 11) is 0. The molecule has 0 spiro atoms. The molecule has 18 heavy (non-hydrogen) atoms. The molecule has 0 aliphatic heterocycles. The molecular weight excluding hydrogens is 294 g/mol. The van der Waals surface area contributed by atoms with E-state index in [-0.39, 0.29) is 6.61 Å². The highest BCUT2D eigenvalue weighted by Gasteiger charge is 2.25. The number of aliphatic hydroxyl groups is 2. The molecule has 2 N–H and O–H groups in total. The molecule has 4 heteroatoms. The highest BCUT2D eigenvalue weighted by atomic mass is 79.9. The predicted octanol–water partition coefficient (Wildman–Crippen LogP) is 2.85. The van der Waals surface area contributed by atoms with E-state index in [0.29, 0.717) is 12.6 Å². The van der Waals surface area contributed by atoms with Crippen molar-refractivity contribution >= 4 is 21.6 Å². The molecular formula is C14H20BrNO2. The van der Waals surface area contributed by atoms with Crippen LogP contribution in [-0.2, 0) is 0 Å². The highest BCUT2D eigenvalue weighted by Crippen LogP contribution is 2.33. The van der Waals surface area contributed by atoms with Crippen LogP contribution in [0.1, 0.15) is 37.9 Å². The van der Waals surface area contributed by atoms with Crippen LogP contribution in [0, 0.1) is 0 Å². The molecule has 1 aromatic rings. The van der Waals surface area contributed by atoms with Crippen LogP contribution in [0.15, 0.2) is 22.7 Å². The Morgan fingerprint density at radius 3 is 2.61 bits per heavy atom. The fourth-order valence-electron chi connectivity index (χ4n) is 2.36. The van der Waals surface area contributed by atoms with Crippen LogP contribution in [0.4, 0.5) is 5.69 Å². The second kappa shape index (κ2) is 6.04. The van der Waals surface area contributed by atoms with Crippen LogP contribution in [0.2, 0.25) is 0 Å². The lowest BCUT2D eigenvalue weighted by atomic mass is 9.91. The van der Waals surface area contributed by atoms with Gasteiger partial charge in [0.25, 0.3) is 0 Å². The average Bonchev–Trinajstić information content (AvgIpc) is 2.25. The van der Waals surface area contributed by atoms with Gasteiger partial charge in [0.1, 0.15) is 0 Å². The number of anilines is 1. The maximum atomic E-state index is 9.62. The van der Waals surface area contributed by atoms with Crippen molar-refractivity contribution in [3.63, 3.8) is 0 Å². The summed E-state index contributed by atoms with van der Waals surface area (Å²) in [5.74, 6) is 0. The maximum absolute atomic E-state index is 9.62. The van der Waals surface area contributed by atoms with E-state index >= 15 is 0 Å². The van der Waals surface area contributed by atoms with E-state index in [1.54, 1.807) is 6.92 Å². The number of halogens is 1. The van der Waals surface area contributed by atoms with Gasteiger partial charge in [0.05, 0.1) is 12.7 Å². The second-order valence-electron chi connectivity index (χ2n) is 4.88. The molecule has 1 aliphatic rings. The van der Waals surface area contributed by atoms with Crippen molar-refractivity contribution in [3.8, 4) is 0 Å². The molecule has 0 aromatic heterocycles. The average molecular weight is 314 g/mol. The van der Waals surface area contributed by atoms with Crippen molar-refractivity contribution in [3.05, 3.63) is 28.2 Å². The zero-order valence-electron chi connectivity index (χ0n) is 10.6. The second-order valence-corrected chi connectivity index (χ2v) is 5.74. The molecule has 0 heterocycles. The Labute approximate surface area is 117 Å². The molecule has 0 saturated heterocycles. The first-order valence-electron chi connectivity index (χ1n) is 6.48. The number of benzene rings is 1. The van der Waals surface area contributed by atoms with Gasteiger partial charge in [-0.15, -0.1) is 0 Å². The van der Waals surface area contributed by atoms with Crippen molar-refractivity contribution in [2.75, 3.05) is 18.1 Å². The van der Waals surface area contributed by atoms with Crippen molar-refractivity contribution in [1.29, 1.82) is 0 Å². The lowest BCUT2D eigenvalue weighted by molar-refractivity contribution is 0.198. The van der Waals surface area contributed by atoms with Crippen molar-refractivity contribution in [2.24, 2.45) is 0 Å². The van der Waals surface area contributed by atoms with Crippen LogP contribution in [0.5, 0.6) is 0 Å². The van der Waals surface area contributed by atoms with Crippen molar-refractivity contribution < 1.29 is 10.2 Å². The smallest absolute Gasteiger partial charge is 0.0772 e. The summed E-state index contributed by atoms with van der Waals surface area (Å²) < 4.78 is 0.928. The number of hydrogen-bond donors (Lipinski definition) is 2. The molecule has 1 fully saturated rings. The molecule has 1 aliphatic carbocycles. The molecule has 0 bridgehead atoms. The monoisotopic (exact) mass is 313 g/mol. The highest BCUT2D eigenvalue weighted by molar-refractivity contribution is 9.10. The molecule has 1 saturated carbocycles. The summed E-state index contributed by atoms with van der Waals surface area (Å²) in [6.07, 6.45) is 3.22. The summed E-state index contributed by atoms with van der Waals surface area (Å²) in [6.45, 7) is 2.61. The van der Waals surface area contributed by atoms with Gasteiger partial charge in [-0.05, 0) is 43.9 Å². The Hall–Kier alpha value is -0.580. The molecule has 100 valence electrons. The summed E-state index contributed by atoms with van der Waals surface area (Å²) >= 11 is 3.51. The largest absolute Gasteiger partial charge is 0.395 e. The van der Waals surface area contributed by atoms with Gasteiger partial charge in [-0.2, -0.15) is 0 Å². The first-order chi connectivity index (χ1) is 8.63. The van der Waals surface area contributed by atoms with Crippen LogP contribution < -0.4 is 4.90 Å². The van der Waals surface area contributed by atoms with E-state index in [0.717, 1.165) is 15.7 Å². The van der Waals surface area contributed by atoms with Gasteiger partial charge in [0.15, 0.2) is 0 Å². The lowest BCUT2D eigenvalue weighted by Crippen LogP contribution is -2.41. The third kappa shape index (κ3) is 2.87. The number of aliphatic hydroxyl groups excluding tert-OH is 2. The summed E-state index contributed by atoms with van der Waals surface area (Å²) in [5.41, 5.74) is 2.02. The minimum absolute atomic E-state index is 0.173. The van der Waals surface area contributed by atoms with E-state index in [9.17, 15) is 10.2 Å². The van der Waals surface area contributed by atoms with Gasteiger partial charge in [0.2, 0.25) is 0 Å². The Bertz CT molecular complexity index is 405. The quantitative estimate of drug-likeness (QED) is 0.878. The zero-order valence-corrected chi connectivity index (χ0v) is 12.2. The summed E-state index contributed by atoms with van der Waals surface area (Å²) in [5, 5.41) is 18.8. The van der Waals surface area contributed by atoms with Crippen LogP contribution in [-0.4, -0.2) is 29.4 Å². The van der Waals surface area contributed by atoms with Crippen molar-refractivity contribution in [1.82, 2.24) is 0 Å². The first-order valence-corrected chi connectivity index (χ1v) is 7.27. The van der Waals surface area contributed by atoms with E-state index in [1.165, 1.54) is 19.3 Å². The van der Waals surface area contributed by atoms with E-state index in [4.69, 9.17) is 0 Å². The fourth-order valence-corrected chi connectivity index (χ4v) is 3.06. The minimum Gasteiger partial charge on any atom is -0.395 e. The first kappa shape index (κ1) is 13.8. The van der Waals surface area contributed by atoms with Gasteiger partial charge in [-0.25, -0.2) is 0 Å². The van der Waals surface area contributed by atoms with Gasteiger partial charge < -0.3 is 15.1 Å². The molecule has 1 unspecified atom stereocenters. The fraction of sp³-hybridized carbons (Fsp3) is 0.571. The van der Waals surface area contributed by atoms with Crippen LogP contribution in [0.25, 0.3) is 0 Å². The van der Waals surface area contributed by atoms with Gasteiger partial charge in [-0.1, -0.05) is 22.0 Å². The molecule has 0 radical (unpaired) electrons. The SMILES string of the molecule is CC(O)c1ccc(N(CCO)C2CCC2)cc1Br. The third-order valence-electron chi connectivity index (χ3n) is 3.62. The lowest BCUT2D eigenvalue weighted by Gasteiger charge is -2.39. The topological polar surface area (TPSA) is 43.7 Å².